The second-order valence-corrected chi connectivity index (χ2v) is 6.88. The van der Waals surface area contributed by atoms with E-state index in [2.05, 4.69) is 52.4 Å². The Labute approximate surface area is 155 Å². The van der Waals surface area contributed by atoms with Crippen molar-refractivity contribution in [2.75, 3.05) is 6.54 Å². The minimum atomic E-state index is -0.736. The van der Waals surface area contributed by atoms with Gasteiger partial charge in [0.2, 0.25) is 0 Å². The van der Waals surface area contributed by atoms with Gasteiger partial charge in [-0.3, -0.25) is 14.7 Å². The zero-order chi connectivity index (χ0) is 18.2. The Hall–Kier alpha value is -2.46. The molecule has 136 valence electrons. The first-order valence-corrected chi connectivity index (χ1v) is 9.28. The number of allylic oxidation sites excluding steroid dienone is 2. The van der Waals surface area contributed by atoms with E-state index in [4.69, 9.17) is 5.11 Å². The summed E-state index contributed by atoms with van der Waals surface area (Å²) in [7, 11) is 0. The van der Waals surface area contributed by atoms with Crippen LogP contribution in [0.15, 0.2) is 67.0 Å². The van der Waals surface area contributed by atoms with Crippen molar-refractivity contribution in [1.82, 2.24) is 9.88 Å². The first-order chi connectivity index (χ1) is 12.7. The molecule has 0 saturated carbocycles. The molecule has 4 heteroatoms. The van der Waals surface area contributed by atoms with E-state index in [0.29, 0.717) is 18.4 Å². The Balaban J connectivity index is 1.69. The van der Waals surface area contributed by atoms with Gasteiger partial charge in [0.05, 0.1) is 0 Å². The summed E-state index contributed by atoms with van der Waals surface area (Å²) in [6, 6.07) is 15.2. The summed E-state index contributed by atoms with van der Waals surface area (Å²) in [4.78, 5) is 17.4. The summed E-state index contributed by atoms with van der Waals surface area (Å²) >= 11 is 0. The minimum Gasteiger partial charge on any atom is -0.481 e. The van der Waals surface area contributed by atoms with Gasteiger partial charge in [-0.2, -0.15) is 0 Å². The number of benzene rings is 1. The Morgan fingerprint density at radius 2 is 2.04 bits per heavy atom. The fourth-order valence-electron chi connectivity index (χ4n) is 3.81. The average Bonchev–Trinajstić information content (AvgIpc) is 3.05. The number of carboxylic acid groups (broad SMARTS) is 1. The highest BCUT2D eigenvalue weighted by Crippen LogP contribution is 2.40. The lowest BCUT2D eigenvalue weighted by atomic mass is 9.90. The predicted molar refractivity (Wildman–Crippen MR) is 103 cm³/mol. The summed E-state index contributed by atoms with van der Waals surface area (Å²) < 4.78 is 0. The van der Waals surface area contributed by atoms with Gasteiger partial charge < -0.3 is 5.11 Å². The van der Waals surface area contributed by atoms with Crippen molar-refractivity contribution < 1.29 is 9.90 Å². The third-order valence-electron chi connectivity index (χ3n) is 5.01. The molecule has 1 saturated heterocycles. The van der Waals surface area contributed by atoms with Crippen LogP contribution in [-0.4, -0.2) is 27.5 Å². The molecule has 4 nitrogen and oxygen atoms in total. The topological polar surface area (TPSA) is 53.4 Å². The van der Waals surface area contributed by atoms with Gasteiger partial charge in [-0.1, -0.05) is 48.6 Å². The second-order valence-electron chi connectivity index (χ2n) is 6.88. The zero-order valence-electron chi connectivity index (χ0n) is 15.0. The number of aromatic nitrogens is 1. The van der Waals surface area contributed by atoms with Gasteiger partial charge in [0.25, 0.3) is 0 Å². The van der Waals surface area contributed by atoms with Crippen molar-refractivity contribution in [3.05, 3.63) is 78.1 Å². The number of pyridine rings is 1. The van der Waals surface area contributed by atoms with Gasteiger partial charge in [0, 0.05) is 31.4 Å². The maximum atomic E-state index is 10.6. The molecule has 1 N–H and O–H groups in total. The van der Waals surface area contributed by atoms with Crippen LogP contribution >= 0.6 is 0 Å². The van der Waals surface area contributed by atoms with Crippen LogP contribution in [0.4, 0.5) is 0 Å². The molecule has 1 fully saturated rings. The third-order valence-corrected chi connectivity index (χ3v) is 5.01. The SMILES string of the molecule is O=C(O)CCC=CC[C@@H]1CCN(Cc2cccnc2)[C@@H]1c1ccccc1. The van der Waals surface area contributed by atoms with E-state index < -0.39 is 5.97 Å². The van der Waals surface area contributed by atoms with Crippen molar-refractivity contribution in [2.45, 2.75) is 38.3 Å². The Kier molecular flexibility index (Phi) is 6.56. The smallest absolute Gasteiger partial charge is 0.303 e. The summed E-state index contributed by atoms with van der Waals surface area (Å²) in [6.45, 7) is 1.98. The van der Waals surface area contributed by atoms with Gasteiger partial charge in [0.1, 0.15) is 0 Å². The third kappa shape index (κ3) is 5.02. The number of carboxylic acids is 1. The number of rotatable bonds is 8. The highest BCUT2D eigenvalue weighted by Gasteiger charge is 2.34. The standard InChI is InChI=1S/C22H26N2O2/c25-21(26)12-6-2-5-11-20-13-15-24(17-18-8-7-14-23-16-18)22(20)19-9-3-1-4-10-19/h1-5,7-10,14,16,20,22H,6,11-13,15,17H2,(H,25,26)/t20-,22-/m1/s1. The predicted octanol–water partition coefficient (Wildman–Crippen LogP) is 4.46. The van der Waals surface area contributed by atoms with Crippen molar-refractivity contribution in [3.8, 4) is 0 Å². The van der Waals surface area contributed by atoms with Crippen LogP contribution < -0.4 is 0 Å². The molecule has 1 aromatic heterocycles. The highest BCUT2D eigenvalue weighted by molar-refractivity contribution is 5.66. The van der Waals surface area contributed by atoms with E-state index in [-0.39, 0.29) is 6.42 Å². The van der Waals surface area contributed by atoms with E-state index in [1.165, 1.54) is 11.1 Å². The van der Waals surface area contributed by atoms with E-state index in [0.717, 1.165) is 25.9 Å². The van der Waals surface area contributed by atoms with Gasteiger partial charge in [-0.25, -0.2) is 0 Å². The molecule has 2 heterocycles. The number of aliphatic carboxylic acids is 1. The minimum absolute atomic E-state index is 0.205. The lowest BCUT2D eigenvalue weighted by molar-refractivity contribution is -0.136. The summed E-state index contributed by atoms with van der Waals surface area (Å²) in [5.74, 6) is -0.185. The molecule has 2 atom stereocenters. The fraction of sp³-hybridized carbons (Fsp3) is 0.364. The van der Waals surface area contributed by atoms with Crippen LogP contribution in [0.1, 0.15) is 42.9 Å². The molecule has 1 aromatic carbocycles. The summed E-state index contributed by atoms with van der Waals surface area (Å²) in [6.07, 6.45) is 10.9. The van der Waals surface area contributed by atoms with Crippen LogP contribution in [0.3, 0.4) is 0 Å². The van der Waals surface area contributed by atoms with Crippen LogP contribution in [-0.2, 0) is 11.3 Å². The van der Waals surface area contributed by atoms with Gasteiger partial charge in [0.15, 0.2) is 0 Å². The largest absolute Gasteiger partial charge is 0.481 e. The van der Waals surface area contributed by atoms with Crippen molar-refractivity contribution >= 4 is 5.97 Å². The van der Waals surface area contributed by atoms with Crippen LogP contribution in [0, 0.1) is 5.92 Å². The van der Waals surface area contributed by atoms with Crippen molar-refractivity contribution in [1.29, 1.82) is 0 Å². The number of likely N-dealkylation sites (tertiary alicyclic amines) is 1. The van der Waals surface area contributed by atoms with Crippen molar-refractivity contribution in [3.63, 3.8) is 0 Å². The van der Waals surface area contributed by atoms with Crippen LogP contribution in [0.2, 0.25) is 0 Å². The maximum Gasteiger partial charge on any atom is 0.303 e. The first kappa shape index (κ1) is 18.3. The Bertz CT molecular complexity index is 715. The second kappa shape index (κ2) is 9.30. The zero-order valence-corrected chi connectivity index (χ0v) is 15.0. The molecular weight excluding hydrogens is 324 g/mol. The molecule has 3 rings (SSSR count). The Morgan fingerprint density at radius 3 is 2.77 bits per heavy atom. The average molecular weight is 350 g/mol. The molecule has 2 aromatic rings. The monoisotopic (exact) mass is 350 g/mol. The summed E-state index contributed by atoms with van der Waals surface area (Å²) in [5, 5.41) is 8.74. The molecule has 26 heavy (non-hydrogen) atoms. The van der Waals surface area contributed by atoms with Crippen LogP contribution in [0.25, 0.3) is 0 Å². The number of nitrogens with zero attached hydrogens (tertiary/aromatic N) is 2. The van der Waals surface area contributed by atoms with E-state index in [9.17, 15) is 4.79 Å². The van der Waals surface area contributed by atoms with E-state index in [1.54, 1.807) is 0 Å². The van der Waals surface area contributed by atoms with Crippen LogP contribution in [0.5, 0.6) is 0 Å². The molecule has 0 unspecified atom stereocenters. The molecule has 0 bridgehead atoms. The van der Waals surface area contributed by atoms with Gasteiger partial charge in [-0.05, 0) is 48.9 Å². The van der Waals surface area contributed by atoms with Gasteiger partial charge in [-0.15, -0.1) is 0 Å². The molecule has 0 spiro atoms. The normalized spacial score (nSPS) is 20.6. The molecule has 0 aliphatic carbocycles. The van der Waals surface area contributed by atoms with E-state index >= 15 is 0 Å². The van der Waals surface area contributed by atoms with Crippen molar-refractivity contribution in [2.24, 2.45) is 5.92 Å². The quantitative estimate of drug-likeness (QED) is 0.714. The highest BCUT2D eigenvalue weighted by atomic mass is 16.4. The molecule has 1 aliphatic rings. The fourth-order valence-corrected chi connectivity index (χ4v) is 3.81. The van der Waals surface area contributed by atoms with Gasteiger partial charge >= 0.3 is 5.97 Å². The number of carbonyl (C=O) groups is 1. The summed E-state index contributed by atoms with van der Waals surface area (Å²) in [5.41, 5.74) is 2.60. The lowest BCUT2D eigenvalue weighted by Gasteiger charge is -2.28. The lowest BCUT2D eigenvalue weighted by Crippen LogP contribution is -2.25. The number of hydrogen-bond donors (Lipinski definition) is 1. The Morgan fingerprint density at radius 1 is 1.19 bits per heavy atom. The molecule has 0 amide bonds. The maximum absolute atomic E-state index is 10.6. The first-order valence-electron chi connectivity index (χ1n) is 9.28. The molecule has 1 aliphatic heterocycles. The molecule has 0 radical (unpaired) electrons. The number of hydrogen-bond acceptors (Lipinski definition) is 3. The molecular formula is C22H26N2O2. The van der Waals surface area contributed by atoms with E-state index in [1.807, 2.05) is 24.5 Å².